The number of piperazine rings is 1. The van der Waals surface area contributed by atoms with E-state index < -0.39 is 0 Å². The summed E-state index contributed by atoms with van der Waals surface area (Å²) in [6, 6.07) is 15.8. The van der Waals surface area contributed by atoms with Crippen LogP contribution in [0.5, 0.6) is 5.75 Å². The Bertz CT molecular complexity index is 1040. The molecule has 3 saturated heterocycles. The molecule has 0 saturated carbocycles. The minimum absolute atomic E-state index is 0.00713. The highest BCUT2D eigenvalue weighted by Crippen LogP contribution is 2.43. The largest absolute Gasteiger partial charge is 0.497 e. The van der Waals surface area contributed by atoms with Gasteiger partial charge in [-0.3, -0.25) is 14.5 Å². The van der Waals surface area contributed by atoms with Gasteiger partial charge < -0.3 is 24.4 Å². The summed E-state index contributed by atoms with van der Waals surface area (Å²) in [6.07, 6.45) is 0. The number of amides is 2. The smallest absolute Gasteiger partial charge is 0.242 e. The second-order valence-electron chi connectivity index (χ2n) is 9.16. The van der Waals surface area contributed by atoms with E-state index in [-0.39, 0.29) is 43.0 Å². The van der Waals surface area contributed by atoms with E-state index >= 15 is 0 Å². The number of carbonyl (C=O) groups is 2. The van der Waals surface area contributed by atoms with Crippen LogP contribution in [-0.2, 0) is 14.3 Å². The average molecular weight is 466 g/mol. The summed E-state index contributed by atoms with van der Waals surface area (Å²) in [4.78, 5) is 31.4. The maximum absolute atomic E-state index is 12.9. The fourth-order valence-electron chi connectivity index (χ4n) is 5.44. The molecule has 0 aliphatic carbocycles. The summed E-state index contributed by atoms with van der Waals surface area (Å²) in [5.74, 6) is 0.691. The third-order valence-corrected chi connectivity index (χ3v) is 7.27. The van der Waals surface area contributed by atoms with Crippen molar-refractivity contribution in [2.75, 3.05) is 59.7 Å². The fraction of sp³-hybridized carbons (Fsp3) is 0.462. The summed E-state index contributed by atoms with van der Waals surface area (Å²) >= 11 is 0. The first kappa shape index (κ1) is 22.8. The van der Waals surface area contributed by atoms with Crippen LogP contribution in [0.25, 0.3) is 11.1 Å². The van der Waals surface area contributed by atoms with Gasteiger partial charge in [0.15, 0.2) is 0 Å². The molecule has 0 bridgehead atoms. The highest BCUT2D eigenvalue weighted by Gasteiger charge is 2.54. The summed E-state index contributed by atoms with van der Waals surface area (Å²) in [5.41, 5.74) is 3.20. The molecule has 2 amide bonds. The zero-order chi connectivity index (χ0) is 23.7. The molecule has 3 aliphatic heterocycles. The van der Waals surface area contributed by atoms with Crippen LogP contribution in [0.1, 0.15) is 11.5 Å². The van der Waals surface area contributed by atoms with Crippen LogP contribution in [0.3, 0.4) is 0 Å². The number of fused-ring (bicyclic) bond motifs is 1. The van der Waals surface area contributed by atoms with Crippen molar-refractivity contribution >= 4 is 11.8 Å². The number of methoxy groups -OCH3 is 1. The molecule has 1 N–H and O–H groups in total. The lowest BCUT2D eigenvalue weighted by atomic mass is 9.73. The molecule has 0 unspecified atom stereocenters. The highest BCUT2D eigenvalue weighted by atomic mass is 16.5. The summed E-state index contributed by atoms with van der Waals surface area (Å²) in [5, 5.41) is 10.0. The SMILES string of the molecule is COc1cccc(-c2ccc([C@H]3[C@H]4CN(C(=O)CN5CCOCC5)CC(=O)N4[C@H]3CO)cc2)c1. The number of aliphatic hydroxyl groups excluding tert-OH is 1. The van der Waals surface area contributed by atoms with Gasteiger partial charge in [0.2, 0.25) is 11.8 Å². The zero-order valence-corrected chi connectivity index (χ0v) is 19.4. The molecule has 180 valence electrons. The predicted molar refractivity (Wildman–Crippen MR) is 127 cm³/mol. The molecular weight excluding hydrogens is 434 g/mol. The van der Waals surface area contributed by atoms with Gasteiger partial charge in [-0.2, -0.15) is 0 Å². The fourth-order valence-corrected chi connectivity index (χ4v) is 5.44. The van der Waals surface area contributed by atoms with Gasteiger partial charge in [-0.05, 0) is 28.8 Å². The number of ether oxygens (including phenoxy) is 2. The number of hydrogen-bond acceptors (Lipinski definition) is 6. The first-order valence-corrected chi connectivity index (χ1v) is 11.8. The Balaban J connectivity index is 1.31. The molecular formula is C26H31N3O5. The first-order chi connectivity index (χ1) is 16.6. The third kappa shape index (κ3) is 4.29. The van der Waals surface area contributed by atoms with Gasteiger partial charge >= 0.3 is 0 Å². The second-order valence-corrected chi connectivity index (χ2v) is 9.16. The number of rotatable bonds is 6. The lowest BCUT2D eigenvalue weighted by Gasteiger charge is -2.58. The van der Waals surface area contributed by atoms with Gasteiger partial charge in [0, 0.05) is 25.6 Å². The van der Waals surface area contributed by atoms with Crippen LogP contribution in [0.15, 0.2) is 48.5 Å². The number of morpholine rings is 1. The predicted octanol–water partition coefficient (Wildman–Crippen LogP) is 1.19. The molecule has 3 aliphatic rings. The lowest BCUT2D eigenvalue weighted by molar-refractivity contribution is -0.167. The van der Waals surface area contributed by atoms with Crippen molar-refractivity contribution in [2.24, 2.45) is 0 Å². The number of carbonyl (C=O) groups excluding carboxylic acids is 2. The van der Waals surface area contributed by atoms with Crippen molar-refractivity contribution in [3.05, 3.63) is 54.1 Å². The van der Waals surface area contributed by atoms with Crippen molar-refractivity contribution in [2.45, 2.75) is 18.0 Å². The molecule has 0 radical (unpaired) electrons. The van der Waals surface area contributed by atoms with Crippen LogP contribution in [0.2, 0.25) is 0 Å². The van der Waals surface area contributed by atoms with Gasteiger partial charge in [0.05, 0.1) is 52.1 Å². The second kappa shape index (κ2) is 9.74. The van der Waals surface area contributed by atoms with Crippen molar-refractivity contribution in [1.29, 1.82) is 0 Å². The molecule has 0 spiro atoms. The topological polar surface area (TPSA) is 82.6 Å². The Morgan fingerprint density at radius 1 is 1.12 bits per heavy atom. The molecule has 8 nitrogen and oxygen atoms in total. The summed E-state index contributed by atoms with van der Waals surface area (Å²) < 4.78 is 10.7. The van der Waals surface area contributed by atoms with Gasteiger partial charge in [-0.25, -0.2) is 0 Å². The van der Waals surface area contributed by atoms with Crippen molar-refractivity contribution < 1.29 is 24.2 Å². The zero-order valence-electron chi connectivity index (χ0n) is 19.4. The minimum Gasteiger partial charge on any atom is -0.497 e. The van der Waals surface area contributed by atoms with Crippen LogP contribution in [-0.4, -0.2) is 103 Å². The van der Waals surface area contributed by atoms with Crippen molar-refractivity contribution in [3.63, 3.8) is 0 Å². The summed E-state index contributed by atoms with van der Waals surface area (Å²) in [6.45, 7) is 3.53. The van der Waals surface area contributed by atoms with E-state index in [0.717, 1.165) is 35.5 Å². The standard InChI is InChI=1S/C26H31N3O5/c1-33-21-4-2-3-20(13-21)18-5-7-19(8-6-18)26-22-14-28(16-25(32)29(22)23(26)17-30)24(31)15-27-9-11-34-12-10-27/h2-8,13,22-23,26,30H,9-12,14-17H2,1H3/t22-,23+,26+/m1/s1. The maximum atomic E-state index is 12.9. The molecule has 3 fully saturated rings. The van der Waals surface area contributed by atoms with Crippen LogP contribution in [0.4, 0.5) is 0 Å². The third-order valence-electron chi connectivity index (χ3n) is 7.27. The minimum atomic E-state index is -0.253. The summed E-state index contributed by atoms with van der Waals surface area (Å²) in [7, 11) is 1.65. The molecule has 3 heterocycles. The number of benzene rings is 2. The Kier molecular flexibility index (Phi) is 6.54. The Morgan fingerprint density at radius 3 is 2.59 bits per heavy atom. The van der Waals surface area contributed by atoms with E-state index in [1.807, 2.05) is 24.3 Å². The maximum Gasteiger partial charge on any atom is 0.242 e. The van der Waals surface area contributed by atoms with Crippen molar-refractivity contribution in [1.82, 2.24) is 14.7 Å². The normalized spacial score (nSPS) is 25.0. The first-order valence-electron chi connectivity index (χ1n) is 11.8. The van der Waals surface area contributed by atoms with Crippen LogP contribution < -0.4 is 4.74 Å². The van der Waals surface area contributed by atoms with E-state index in [2.05, 4.69) is 29.2 Å². The molecule has 0 aromatic heterocycles. The van der Waals surface area contributed by atoms with Gasteiger partial charge in [-0.15, -0.1) is 0 Å². The van der Waals surface area contributed by atoms with E-state index in [1.54, 1.807) is 16.9 Å². The Labute approximate surface area is 199 Å². The molecule has 2 aromatic rings. The van der Waals surface area contributed by atoms with Crippen LogP contribution >= 0.6 is 0 Å². The van der Waals surface area contributed by atoms with Gasteiger partial charge in [0.25, 0.3) is 0 Å². The molecule has 8 heteroatoms. The lowest BCUT2D eigenvalue weighted by Crippen LogP contribution is -2.73. The van der Waals surface area contributed by atoms with E-state index in [4.69, 9.17) is 9.47 Å². The molecule has 2 aromatic carbocycles. The van der Waals surface area contributed by atoms with E-state index in [1.165, 1.54) is 0 Å². The van der Waals surface area contributed by atoms with E-state index in [9.17, 15) is 14.7 Å². The Morgan fingerprint density at radius 2 is 1.88 bits per heavy atom. The molecule has 3 atom stereocenters. The molecule has 34 heavy (non-hydrogen) atoms. The average Bonchev–Trinajstić information content (AvgIpc) is 2.86. The van der Waals surface area contributed by atoms with Gasteiger partial charge in [-0.1, -0.05) is 36.4 Å². The quantitative estimate of drug-likeness (QED) is 0.690. The highest BCUT2D eigenvalue weighted by molar-refractivity contribution is 5.88. The monoisotopic (exact) mass is 465 g/mol. The Hall–Kier alpha value is -2.94. The molecule has 5 rings (SSSR count). The van der Waals surface area contributed by atoms with Crippen molar-refractivity contribution in [3.8, 4) is 16.9 Å². The van der Waals surface area contributed by atoms with Gasteiger partial charge in [0.1, 0.15) is 5.75 Å². The van der Waals surface area contributed by atoms with Crippen LogP contribution in [0, 0.1) is 0 Å². The number of aliphatic hydroxyl groups is 1. The van der Waals surface area contributed by atoms with E-state index in [0.29, 0.717) is 26.3 Å². The number of hydrogen-bond donors (Lipinski definition) is 1. The number of nitrogens with zero attached hydrogens (tertiary/aromatic N) is 3.